The summed E-state index contributed by atoms with van der Waals surface area (Å²) >= 11 is 4.78. The van der Waals surface area contributed by atoms with E-state index in [1.807, 2.05) is 25.2 Å². The van der Waals surface area contributed by atoms with Crippen LogP contribution in [0, 0.1) is 5.82 Å². The van der Waals surface area contributed by atoms with Gasteiger partial charge in [0.05, 0.1) is 6.20 Å². The monoisotopic (exact) mass is 278 g/mol. The summed E-state index contributed by atoms with van der Waals surface area (Å²) in [5.41, 5.74) is 7.53. The van der Waals surface area contributed by atoms with Crippen LogP contribution in [0.2, 0.25) is 0 Å². The predicted molar refractivity (Wildman–Crippen MR) is 77.6 cm³/mol. The molecule has 6 heteroatoms. The molecule has 1 aromatic heterocycles. The van der Waals surface area contributed by atoms with E-state index >= 15 is 0 Å². The third kappa shape index (κ3) is 3.08. The fourth-order valence-electron chi connectivity index (χ4n) is 1.86. The quantitative estimate of drug-likeness (QED) is 0.867. The van der Waals surface area contributed by atoms with Crippen molar-refractivity contribution < 1.29 is 4.39 Å². The Morgan fingerprint density at radius 2 is 2.26 bits per heavy atom. The van der Waals surface area contributed by atoms with E-state index in [-0.39, 0.29) is 10.6 Å². The van der Waals surface area contributed by atoms with Crippen LogP contribution < -0.4 is 10.6 Å². The van der Waals surface area contributed by atoms with Gasteiger partial charge in [-0.2, -0.15) is 5.10 Å². The van der Waals surface area contributed by atoms with Crippen LogP contribution in [-0.4, -0.2) is 21.8 Å². The molecule has 0 saturated heterocycles. The Bertz CT molecular complexity index is 608. The minimum atomic E-state index is -0.400. The molecular formula is C13H15FN4S. The molecule has 0 aliphatic carbocycles. The smallest absolute Gasteiger partial charge is 0.135 e. The van der Waals surface area contributed by atoms with E-state index in [0.717, 1.165) is 11.3 Å². The molecule has 1 aromatic carbocycles. The zero-order chi connectivity index (χ0) is 14.0. The highest BCUT2D eigenvalue weighted by molar-refractivity contribution is 7.80. The average Bonchev–Trinajstić information content (AvgIpc) is 2.74. The fraction of sp³-hybridized carbons (Fsp3) is 0.231. The molecule has 0 aliphatic heterocycles. The molecule has 0 spiro atoms. The minimum Gasteiger partial charge on any atom is -0.389 e. The van der Waals surface area contributed by atoms with E-state index < -0.39 is 5.82 Å². The van der Waals surface area contributed by atoms with Gasteiger partial charge in [-0.3, -0.25) is 4.68 Å². The Morgan fingerprint density at radius 1 is 1.53 bits per heavy atom. The van der Waals surface area contributed by atoms with Gasteiger partial charge in [-0.05, 0) is 18.2 Å². The highest BCUT2D eigenvalue weighted by Gasteiger charge is 2.09. The number of halogens is 1. The van der Waals surface area contributed by atoms with Crippen molar-refractivity contribution in [3.8, 4) is 0 Å². The maximum atomic E-state index is 13.8. The number of aromatic nitrogens is 2. The maximum absolute atomic E-state index is 13.8. The first-order chi connectivity index (χ1) is 8.97. The zero-order valence-corrected chi connectivity index (χ0v) is 11.6. The number of anilines is 1. The molecule has 0 unspecified atom stereocenters. The van der Waals surface area contributed by atoms with E-state index in [4.69, 9.17) is 18.0 Å². The maximum Gasteiger partial charge on any atom is 0.135 e. The largest absolute Gasteiger partial charge is 0.389 e. The van der Waals surface area contributed by atoms with Crippen molar-refractivity contribution in [3.05, 3.63) is 47.5 Å². The molecule has 0 fully saturated rings. The van der Waals surface area contributed by atoms with Gasteiger partial charge in [0.25, 0.3) is 0 Å². The number of hydrogen-bond donors (Lipinski definition) is 1. The summed E-state index contributed by atoms with van der Waals surface area (Å²) in [4.78, 5) is 2.00. The summed E-state index contributed by atoms with van der Waals surface area (Å²) < 4.78 is 15.5. The molecule has 0 amide bonds. The van der Waals surface area contributed by atoms with Crippen molar-refractivity contribution in [3.63, 3.8) is 0 Å². The lowest BCUT2D eigenvalue weighted by atomic mass is 10.1. The Hall–Kier alpha value is -1.95. The Kier molecular flexibility index (Phi) is 3.80. The highest BCUT2D eigenvalue weighted by Crippen LogP contribution is 2.19. The summed E-state index contributed by atoms with van der Waals surface area (Å²) in [6, 6.07) is 4.84. The molecular weight excluding hydrogens is 263 g/mol. The first-order valence-electron chi connectivity index (χ1n) is 5.75. The summed E-state index contributed by atoms with van der Waals surface area (Å²) in [6.07, 6.45) is 3.71. The number of nitrogens with zero attached hydrogens (tertiary/aromatic N) is 3. The first-order valence-corrected chi connectivity index (χ1v) is 6.16. The van der Waals surface area contributed by atoms with E-state index in [1.165, 1.54) is 6.07 Å². The van der Waals surface area contributed by atoms with Gasteiger partial charge in [0, 0.05) is 43.7 Å². The van der Waals surface area contributed by atoms with Gasteiger partial charge >= 0.3 is 0 Å². The lowest BCUT2D eigenvalue weighted by Gasteiger charge is -2.19. The SMILES string of the molecule is CN(Cc1cnn(C)c1)c1ccc(C(N)=S)c(F)c1. The minimum absolute atomic E-state index is 0.0685. The van der Waals surface area contributed by atoms with Crippen molar-refractivity contribution in [2.24, 2.45) is 12.8 Å². The molecule has 2 aromatic rings. The van der Waals surface area contributed by atoms with Crippen LogP contribution in [0.3, 0.4) is 0 Å². The van der Waals surface area contributed by atoms with Crippen molar-refractivity contribution >= 4 is 22.9 Å². The van der Waals surface area contributed by atoms with Crippen LogP contribution in [0.25, 0.3) is 0 Å². The zero-order valence-electron chi connectivity index (χ0n) is 10.8. The molecule has 1 heterocycles. The van der Waals surface area contributed by atoms with Gasteiger partial charge in [0.1, 0.15) is 10.8 Å². The van der Waals surface area contributed by atoms with E-state index in [1.54, 1.807) is 23.0 Å². The molecule has 0 bridgehead atoms. The predicted octanol–water partition coefficient (Wildman–Crippen LogP) is 1.83. The van der Waals surface area contributed by atoms with Crippen molar-refractivity contribution in [2.45, 2.75) is 6.54 Å². The summed E-state index contributed by atoms with van der Waals surface area (Å²) in [7, 11) is 3.75. The van der Waals surface area contributed by atoms with Crippen LogP contribution in [0.5, 0.6) is 0 Å². The lowest BCUT2D eigenvalue weighted by Crippen LogP contribution is -2.17. The van der Waals surface area contributed by atoms with Gasteiger partial charge < -0.3 is 10.6 Å². The second-order valence-electron chi connectivity index (χ2n) is 4.41. The molecule has 19 heavy (non-hydrogen) atoms. The number of nitrogens with two attached hydrogens (primary N) is 1. The van der Waals surface area contributed by atoms with Gasteiger partial charge in [-0.1, -0.05) is 12.2 Å². The van der Waals surface area contributed by atoms with Crippen LogP contribution in [0.4, 0.5) is 10.1 Å². The van der Waals surface area contributed by atoms with Gasteiger partial charge in [0.2, 0.25) is 0 Å². The molecule has 0 aliphatic rings. The average molecular weight is 278 g/mol. The summed E-state index contributed by atoms with van der Waals surface area (Å²) in [5.74, 6) is -0.400. The Labute approximate surface area is 116 Å². The van der Waals surface area contributed by atoms with Gasteiger partial charge in [-0.25, -0.2) is 4.39 Å². The third-order valence-corrected chi connectivity index (χ3v) is 3.06. The normalized spacial score (nSPS) is 10.5. The van der Waals surface area contributed by atoms with Crippen LogP contribution >= 0.6 is 12.2 Å². The second kappa shape index (κ2) is 5.36. The van der Waals surface area contributed by atoms with Crippen molar-refractivity contribution in [2.75, 3.05) is 11.9 Å². The topological polar surface area (TPSA) is 47.1 Å². The molecule has 0 atom stereocenters. The second-order valence-corrected chi connectivity index (χ2v) is 4.85. The lowest BCUT2D eigenvalue weighted by molar-refractivity contribution is 0.625. The van der Waals surface area contributed by atoms with E-state index in [9.17, 15) is 4.39 Å². The Morgan fingerprint density at radius 3 is 2.79 bits per heavy atom. The van der Waals surface area contributed by atoms with Gasteiger partial charge in [-0.15, -0.1) is 0 Å². The molecule has 4 nitrogen and oxygen atoms in total. The molecule has 0 saturated carbocycles. The molecule has 2 N–H and O–H groups in total. The molecule has 0 radical (unpaired) electrons. The highest BCUT2D eigenvalue weighted by atomic mass is 32.1. The third-order valence-electron chi connectivity index (χ3n) is 2.84. The van der Waals surface area contributed by atoms with Crippen LogP contribution in [0.15, 0.2) is 30.6 Å². The molecule has 2 rings (SSSR count). The summed E-state index contributed by atoms with van der Waals surface area (Å²) in [6.45, 7) is 0.652. The molecule has 100 valence electrons. The number of hydrogen-bond acceptors (Lipinski definition) is 3. The van der Waals surface area contributed by atoms with Crippen molar-refractivity contribution in [1.29, 1.82) is 0 Å². The number of rotatable bonds is 4. The fourth-order valence-corrected chi connectivity index (χ4v) is 2.03. The standard InChI is InChI=1S/C13H15FN4S/c1-17(7-9-6-16-18(2)8-9)10-3-4-11(13(15)19)12(14)5-10/h3-6,8H,7H2,1-2H3,(H2,15,19). The van der Waals surface area contributed by atoms with E-state index in [2.05, 4.69) is 5.10 Å². The van der Waals surface area contributed by atoms with Crippen LogP contribution in [-0.2, 0) is 13.6 Å². The summed E-state index contributed by atoms with van der Waals surface area (Å²) in [5, 5.41) is 4.10. The van der Waals surface area contributed by atoms with Crippen molar-refractivity contribution in [1.82, 2.24) is 9.78 Å². The van der Waals surface area contributed by atoms with Crippen LogP contribution in [0.1, 0.15) is 11.1 Å². The van der Waals surface area contributed by atoms with E-state index in [0.29, 0.717) is 6.54 Å². The number of aryl methyl sites for hydroxylation is 1. The first kappa shape index (κ1) is 13.5. The Balaban J connectivity index is 2.17. The number of thiocarbonyl (C=S) groups is 1. The number of benzene rings is 1. The van der Waals surface area contributed by atoms with Gasteiger partial charge in [0.15, 0.2) is 0 Å².